The Morgan fingerprint density at radius 2 is 1.80 bits per heavy atom. The average molecular weight is 383 g/mol. The summed E-state index contributed by atoms with van der Waals surface area (Å²) < 4.78 is 38.5. The molecule has 0 radical (unpaired) electrons. The maximum atomic E-state index is 12.6. The van der Waals surface area contributed by atoms with Crippen molar-refractivity contribution in [3.05, 3.63) is 47.5 Å². The maximum Gasteiger partial charge on any atom is 0.262 e. The Hall–Kier alpha value is -1.96. The van der Waals surface area contributed by atoms with Gasteiger partial charge in [-0.25, -0.2) is 8.42 Å². The summed E-state index contributed by atoms with van der Waals surface area (Å²) in [5.74, 6) is 0.453. The minimum atomic E-state index is -3.74. The first-order valence-corrected chi connectivity index (χ1v) is 9.65. The van der Waals surface area contributed by atoms with Gasteiger partial charge in [0.05, 0.1) is 30.9 Å². The third kappa shape index (κ3) is 4.18. The zero-order valence-corrected chi connectivity index (χ0v) is 15.3. The van der Waals surface area contributed by atoms with E-state index >= 15 is 0 Å². The van der Waals surface area contributed by atoms with Crippen LogP contribution >= 0.6 is 11.6 Å². The lowest BCUT2D eigenvalue weighted by molar-refractivity contribution is 0.122. The molecule has 1 aliphatic rings. The Labute approximate surface area is 152 Å². The molecule has 1 saturated heterocycles. The number of sulfonamides is 1. The summed E-state index contributed by atoms with van der Waals surface area (Å²) in [5, 5.41) is 0.478. The molecule has 2 aromatic rings. The van der Waals surface area contributed by atoms with Gasteiger partial charge in [-0.3, -0.25) is 4.72 Å². The van der Waals surface area contributed by atoms with Gasteiger partial charge in [0.1, 0.15) is 5.75 Å². The van der Waals surface area contributed by atoms with E-state index in [0.717, 1.165) is 18.8 Å². The normalized spacial score (nSPS) is 15.0. The fourth-order valence-electron chi connectivity index (χ4n) is 2.61. The van der Waals surface area contributed by atoms with Crippen LogP contribution in [-0.2, 0) is 14.8 Å². The van der Waals surface area contributed by atoms with Crippen molar-refractivity contribution in [3.63, 3.8) is 0 Å². The molecule has 8 heteroatoms. The SMILES string of the molecule is COc1ccc(N2CCOCC2)cc1NS(=O)(=O)c1ccc(Cl)cc1. The summed E-state index contributed by atoms with van der Waals surface area (Å²) >= 11 is 5.83. The van der Waals surface area contributed by atoms with E-state index in [2.05, 4.69) is 9.62 Å². The number of methoxy groups -OCH3 is 1. The Kier molecular flexibility index (Phi) is 5.36. The Bertz CT molecular complexity index is 834. The number of ether oxygens (including phenoxy) is 2. The number of rotatable bonds is 5. The molecule has 25 heavy (non-hydrogen) atoms. The van der Waals surface area contributed by atoms with Gasteiger partial charge in [-0.05, 0) is 42.5 Å². The van der Waals surface area contributed by atoms with Crippen LogP contribution in [0.15, 0.2) is 47.4 Å². The molecule has 0 atom stereocenters. The molecule has 0 spiro atoms. The Morgan fingerprint density at radius 1 is 1.12 bits per heavy atom. The van der Waals surface area contributed by atoms with Crippen molar-refractivity contribution in [1.29, 1.82) is 0 Å². The second-order valence-corrected chi connectivity index (χ2v) is 7.66. The number of halogens is 1. The van der Waals surface area contributed by atoms with Crippen LogP contribution in [-0.4, -0.2) is 41.8 Å². The lowest BCUT2D eigenvalue weighted by Crippen LogP contribution is -2.36. The second-order valence-electron chi connectivity index (χ2n) is 5.54. The molecule has 134 valence electrons. The maximum absolute atomic E-state index is 12.6. The topological polar surface area (TPSA) is 67.9 Å². The molecule has 1 N–H and O–H groups in total. The molecule has 0 aliphatic carbocycles. The van der Waals surface area contributed by atoms with Crippen LogP contribution < -0.4 is 14.4 Å². The van der Waals surface area contributed by atoms with Crippen molar-refractivity contribution < 1.29 is 17.9 Å². The van der Waals surface area contributed by atoms with Crippen molar-refractivity contribution in [1.82, 2.24) is 0 Å². The summed E-state index contributed by atoms with van der Waals surface area (Å²) in [7, 11) is -2.24. The zero-order valence-electron chi connectivity index (χ0n) is 13.7. The molecule has 3 rings (SSSR count). The van der Waals surface area contributed by atoms with Gasteiger partial charge in [-0.2, -0.15) is 0 Å². The molecule has 1 heterocycles. The van der Waals surface area contributed by atoms with Crippen molar-refractivity contribution in [3.8, 4) is 5.75 Å². The van der Waals surface area contributed by atoms with Crippen LogP contribution in [0.3, 0.4) is 0 Å². The smallest absolute Gasteiger partial charge is 0.262 e. The van der Waals surface area contributed by atoms with Crippen LogP contribution in [0.5, 0.6) is 5.75 Å². The molecule has 6 nitrogen and oxygen atoms in total. The zero-order chi connectivity index (χ0) is 17.9. The fourth-order valence-corrected chi connectivity index (χ4v) is 3.80. The number of nitrogens with one attached hydrogen (secondary N) is 1. The molecule has 0 aromatic heterocycles. The average Bonchev–Trinajstić information content (AvgIpc) is 2.62. The highest BCUT2D eigenvalue weighted by Gasteiger charge is 2.19. The van der Waals surface area contributed by atoms with E-state index in [1.165, 1.54) is 31.4 Å². The lowest BCUT2D eigenvalue weighted by Gasteiger charge is -2.29. The van der Waals surface area contributed by atoms with Gasteiger partial charge in [0.15, 0.2) is 0 Å². The first-order chi connectivity index (χ1) is 12.0. The molecule has 0 bridgehead atoms. The van der Waals surface area contributed by atoms with Gasteiger partial charge in [-0.15, -0.1) is 0 Å². The van der Waals surface area contributed by atoms with E-state index in [0.29, 0.717) is 29.7 Å². The molecular weight excluding hydrogens is 364 g/mol. The van der Waals surface area contributed by atoms with Gasteiger partial charge < -0.3 is 14.4 Å². The van der Waals surface area contributed by atoms with Crippen LogP contribution in [0.4, 0.5) is 11.4 Å². The first kappa shape index (κ1) is 17.8. The first-order valence-electron chi connectivity index (χ1n) is 7.79. The quantitative estimate of drug-likeness (QED) is 0.861. The number of benzene rings is 2. The Morgan fingerprint density at radius 3 is 2.44 bits per heavy atom. The monoisotopic (exact) mass is 382 g/mol. The summed E-state index contributed by atoms with van der Waals surface area (Å²) in [6, 6.07) is 11.4. The Balaban J connectivity index is 1.90. The predicted molar refractivity (Wildman–Crippen MR) is 98.3 cm³/mol. The number of anilines is 2. The summed E-state index contributed by atoms with van der Waals surface area (Å²) in [6.45, 7) is 2.82. The molecule has 2 aromatic carbocycles. The largest absolute Gasteiger partial charge is 0.495 e. The van der Waals surface area contributed by atoms with Crippen molar-refractivity contribution in [2.75, 3.05) is 43.0 Å². The molecule has 1 aliphatic heterocycles. The number of morpholine rings is 1. The summed E-state index contributed by atoms with van der Waals surface area (Å²) in [4.78, 5) is 2.28. The third-order valence-electron chi connectivity index (χ3n) is 3.93. The molecule has 1 fully saturated rings. The lowest BCUT2D eigenvalue weighted by atomic mass is 10.2. The third-order valence-corrected chi connectivity index (χ3v) is 5.56. The molecule has 0 unspecified atom stereocenters. The van der Waals surface area contributed by atoms with Gasteiger partial charge in [0.25, 0.3) is 10.0 Å². The standard InChI is InChI=1S/C17H19ClN2O4S/c1-23-17-7-4-14(20-8-10-24-11-9-20)12-16(17)19-25(21,22)15-5-2-13(18)3-6-15/h2-7,12,19H,8-11H2,1H3. The van der Waals surface area contributed by atoms with Crippen molar-refractivity contribution in [2.45, 2.75) is 4.90 Å². The van der Waals surface area contributed by atoms with Crippen molar-refractivity contribution >= 4 is 33.0 Å². The second kappa shape index (κ2) is 7.51. The minimum absolute atomic E-state index is 0.135. The summed E-state index contributed by atoms with van der Waals surface area (Å²) in [6.07, 6.45) is 0. The van der Waals surface area contributed by atoms with Crippen molar-refractivity contribution in [2.24, 2.45) is 0 Å². The van der Waals surface area contributed by atoms with E-state index < -0.39 is 10.0 Å². The summed E-state index contributed by atoms with van der Waals surface area (Å²) in [5.41, 5.74) is 1.30. The van der Waals surface area contributed by atoms with Crippen LogP contribution in [0.25, 0.3) is 0 Å². The van der Waals surface area contributed by atoms with E-state index in [1.54, 1.807) is 12.1 Å². The molecular formula is C17H19ClN2O4S. The van der Waals surface area contributed by atoms with E-state index in [9.17, 15) is 8.42 Å². The minimum Gasteiger partial charge on any atom is -0.495 e. The fraction of sp³-hybridized carbons (Fsp3) is 0.294. The molecule has 0 amide bonds. The van der Waals surface area contributed by atoms with Gasteiger partial charge in [-0.1, -0.05) is 11.6 Å². The van der Waals surface area contributed by atoms with Gasteiger partial charge in [0.2, 0.25) is 0 Å². The van der Waals surface area contributed by atoms with Gasteiger partial charge >= 0.3 is 0 Å². The number of hydrogen-bond acceptors (Lipinski definition) is 5. The highest BCUT2D eigenvalue weighted by molar-refractivity contribution is 7.92. The highest BCUT2D eigenvalue weighted by Crippen LogP contribution is 2.32. The van der Waals surface area contributed by atoms with E-state index in [1.807, 2.05) is 6.07 Å². The molecule has 0 saturated carbocycles. The van der Waals surface area contributed by atoms with Crippen LogP contribution in [0.1, 0.15) is 0 Å². The number of nitrogens with zero attached hydrogens (tertiary/aromatic N) is 1. The van der Waals surface area contributed by atoms with Crippen LogP contribution in [0.2, 0.25) is 5.02 Å². The van der Waals surface area contributed by atoms with Crippen LogP contribution in [0, 0.1) is 0 Å². The van der Waals surface area contributed by atoms with E-state index in [4.69, 9.17) is 21.1 Å². The number of hydrogen-bond donors (Lipinski definition) is 1. The van der Waals surface area contributed by atoms with Gasteiger partial charge in [0, 0.05) is 23.8 Å². The predicted octanol–water partition coefficient (Wildman–Crippen LogP) is 2.99. The van der Waals surface area contributed by atoms with E-state index in [-0.39, 0.29) is 4.90 Å². The highest BCUT2D eigenvalue weighted by atomic mass is 35.5.